The second-order valence-corrected chi connectivity index (χ2v) is 3.08. The molecule has 0 saturated heterocycles. The molecule has 2 aromatic rings. The Hall–Kier alpha value is -2.17. The van der Waals surface area contributed by atoms with Crippen molar-refractivity contribution < 1.29 is 9.90 Å². The van der Waals surface area contributed by atoms with Gasteiger partial charge in [0.2, 0.25) is 0 Å². The number of nitrogens with zero attached hydrogens (tertiary/aromatic N) is 2. The average molecular weight is 203 g/mol. The van der Waals surface area contributed by atoms with Crippen molar-refractivity contribution in [1.29, 1.82) is 0 Å². The molecule has 0 unspecified atom stereocenters. The minimum absolute atomic E-state index is 0.148. The van der Waals surface area contributed by atoms with Crippen molar-refractivity contribution in [3.63, 3.8) is 0 Å². The zero-order chi connectivity index (χ0) is 10.8. The fourth-order valence-corrected chi connectivity index (χ4v) is 1.33. The summed E-state index contributed by atoms with van der Waals surface area (Å²) in [6.07, 6.45) is 3.17. The van der Waals surface area contributed by atoms with Gasteiger partial charge in [-0.15, -0.1) is 0 Å². The molecular weight excluding hydrogens is 194 g/mol. The molecule has 0 saturated carbocycles. The summed E-state index contributed by atoms with van der Waals surface area (Å²) in [5, 5.41) is 8.75. The van der Waals surface area contributed by atoms with Gasteiger partial charge >= 0.3 is 5.97 Å². The number of H-pyrrole nitrogens is 1. The van der Waals surface area contributed by atoms with Crippen molar-refractivity contribution in [2.75, 3.05) is 0 Å². The number of hydrogen-bond donors (Lipinski definition) is 2. The Morgan fingerprint density at radius 1 is 1.33 bits per heavy atom. The maximum absolute atomic E-state index is 10.7. The van der Waals surface area contributed by atoms with Gasteiger partial charge in [-0.05, 0) is 19.1 Å². The molecule has 2 heterocycles. The van der Waals surface area contributed by atoms with E-state index in [1.165, 1.54) is 6.07 Å². The number of hydrogen-bond acceptors (Lipinski definition) is 3. The monoisotopic (exact) mass is 203 g/mol. The number of carboxylic acids is 1. The van der Waals surface area contributed by atoms with Crippen molar-refractivity contribution in [1.82, 2.24) is 15.0 Å². The van der Waals surface area contributed by atoms with Gasteiger partial charge < -0.3 is 10.1 Å². The van der Waals surface area contributed by atoms with E-state index in [0.717, 1.165) is 5.69 Å². The summed E-state index contributed by atoms with van der Waals surface area (Å²) in [6.45, 7) is 1.82. The Kier molecular flexibility index (Phi) is 2.21. The Morgan fingerprint density at radius 2 is 2.07 bits per heavy atom. The topological polar surface area (TPSA) is 78.9 Å². The minimum Gasteiger partial charge on any atom is -0.477 e. The summed E-state index contributed by atoms with van der Waals surface area (Å²) in [4.78, 5) is 21.6. The fraction of sp³-hybridized carbons (Fsp3) is 0.100. The van der Waals surface area contributed by atoms with Gasteiger partial charge in [-0.1, -0.05) is 0 Å². The van der Waals surface area contributed by atoms with E-state index in [1.807, 2.05) is 6.92 Å². The first kappa shape index (κ1) is 9.39. The second kappa shape index (κ2) is 3.53. The van der Waals surface area contributed by atoms with Crippen LogP contribution < -0.4 is 0 Å². The number of carbonyl (C=O) groups is 1. The third kappa shape index (κ3) is 1.71. The maximum Gasteiger partial charge on any atom is 0.352 e. The highest BCUT2D eigenvalue weighted by molar-refractivity contribution is 5.86. The molecule has 0 spiro atoms. The van der Waals surface area contributed by atoms with Gasteiger partial charge in [0.15, 0.2) is 0 Å². The van der Waals surface area contributed by atoms with Crippen LogP contribution >= 0.6 is 0 Å². The highest BCUT2D eigenvalue weighted by Gasteiger charge is 2.09. The molecule has 0 aliphatic heterocycles. The Morgan fingerprint density at radius 3 is 2.67 bits per heavy atom. The molecule has 0 atom stereocenters. The SMILES string of the molecule is Cc1nccnc1-c1ccc(C(=O)O)[nH]1. The summed E-state index contributed by atoms with van der Waals surface area (Å²) in [5.74, 6) is -0.984. The van der Waals surface area contributed by atoms with Crippen LogP contribution in [0, 0.1) is 6.92 Å². The predicted octanol–water partition coefficient (Wildman–Crippen LogP) is 1.48. The van der Waals surface area contributed by atoms with Crippen molar-refractivity contribution in [3.8, 4) is 11.4 Å². The van der Waals surface area contributed by atoms with Crippen LogP contribution in [0.5, 0.6) is 0 Å². The predicted molar refractivity (Wildman–Crippen MR) is 53.5 cm³/mol. The van der Waals surface area contributed by atoms with Gasteiger partial charge in [-0.2, -0.15) is 0 Å². The molecule has 76 valence electrons. The lowest BCUT2D eigenvalue weighted by atomic mass is 10.2. The van der Waals surface area contributed by atoms with E-state index in [4.69, 9.17) is 5.11 Å². The van der Waals surface area contributed by atoms with E-state index in [2.05, 4.69) is 15.0 Å². The average Bonchev–Trinajstić information content (AvgIpc) is 2.67. The molecule has 0 bridgehead atoms. The summed E-state index contributed by atoms with van der Waals surface area (Å²) in [5.41, 5.74) is 2.24. The molecular formula is C10H9N3O2. The Labute approximate surface area is 85.8 Å². The smallest absolute Gasteiger partial charge is 0.352 e. The third-order valence-corrected chi connectivity index (χ3v) is 2.05. The first-order valence-corrected chi connectivity index (χ1v) is 4.39. The van der Waals surface area contributed by atoms with Crippen molar-refractivity contribution in [2.24, 2.45) is 0 Å². The summed E-state index contributed by atoms with van der Waals surface area (Å²) >= 11 is 0. The molecule has 5 heteroatoms. The fourth-order valence-electron chi connectivity index (χ4n) is 1.33. The van der Waals surface area contributed by atoms with Gasteiger partial charge in [-0.3, -0.25) is 9.97 Å². The Balaban J connectivity index is 2.46. The van der Waals surface area contributed by atoms with Crippen LogP contribution in [0.2, 0.25) is 0 Å². The van der Waals surface area contributed by atoms with E-state index in [1.54, 1.807) is 18.5 Å². The molecule has 2 N–H and O–H groups in total. The van der Waals surface area contributed by atoms with Crippen molar-refractivity contribution in [3.05, 3.63) is 35.9 Å². The molecule has 0 aromatic carbocycles. The second-order valence-electron chi connectivity index (χ2n) is 3.08. The van der Waals surface area contributed by atoms with Gasteiger partial charge in [0.1, 0.15) is 11.4 Å². The van der Waals surface area contributed by atoms with E-state index in [0.29, 0.717) is 11.4 Å². The molecule has 0 fully saturated rings. The molecule has 0 aliphatic carbocycles. The lowest BCUT2D eigenvalue weighted by Gasteiger charge is -1.99. The van der Waals surface area contributed by atoms with Crippen LogP contribution in [0.3, 0.4) is 0 Å². The van der Waals surface area contributed by atoms with Crippen LogP contribution in [-0.2, 0) is 0 Å². The number of carboxylic acid groups (broad SMARTS) is 1. The van der Waals surface area contributed by atoms with Gasteiger partial charge in [-0.25, -0.2) is 4.79 Å². The van der Waals surface area contributed by atoms with E-state index in [-0.39, 0.29) is 5.69 Å². The molecule has 0 aliphatic rings. The number of aromatic nitrogens is 3. The molecule has 5 nitrogen and oxygen atoms in total. The van der Waals surface area contributed by atoms with E-state index < -0.39 is 5.97 Å². The molecule has 15 heavy (non-hydrogen) atoms. The molecule has 0 amide bonds. The summed E-state index contributed by atoms with van der Waals surface area (Å²) in [7, 11) is 0. The lowest BCUT2D eigenvalue weighted by molar-refractivity contribution is 0.0691. The van der Waals surface area contributed by atoms with Crippen LogP contribution in [0.4, 0.5) is 0 Å². The maximum atomic E-state index is 10.7. The van der Waals surface area contributed by atoms with Gasteiger partial charge in [0.25, 0.3) is 0 Å². The largest absolute Gasteiger partial charge is 0.477 e. The number of rotatable bonds is 2. The molecule has 2 rings (SSSR count). The first-order valence-electron chi connectivity index (χ1n) is 4.39. The van der Waals surface area contributed by atoms with Gasteiger partial charge in [0, 0.05) is 12.4 Å². The van der Waals surface area contributed by atoms with Crippen LogP contribution in [0.25, 0.3) is 11.4 Å². The standard InChI is InChI=1S/C10H9N3O2/c1-6-9(12-5-4-11-6)7-2-3-8(13-7)10(14)15/h2-5,13H,1H3,(H,14,15). The normalized spacial score (nSPS) is 10.2. The van der Waals surface area contributed by atoms with E-state index >= 15 is 0 Å². The number of aryl methyl sites for hydroxylation is 1. The minimum atomic E-state index is -0.984. The summed E-state index contributed by atoms with van der Waals surface area (Å²) < 4.78 is 0. The third-order valence-electron chi connectivity index (χ3n) is 2.05. The van der Waals surface area contributed by atoms with Crippen LogP contribution in [0.15, 0.2) is 24.5 Å². The number of aromatic amines is 1. The Bertz CT molecular complexity index is 505. The lowest BCUT2D eigenvalue weighted by Crippen LogP contribution is -1.96. The molecule has 0 radical (unpaired) electrons. The van der Waals surface area contributed by atoms with Crippen LogP contribution in [0.1, 0.15) is 16.2 Å². The quantitative estimate of drug-likeness (QED) is 0.774. The van der Waals surface area contributed by atoms with E-state index in [9.17, 15) is 4.79 Å². The van der Waals surface area contributed by atoms with Gasteiger partial charge in [0.05, 0.1) is 11.4 Å². The highest BCUT2D eigenvalue weighted by atomic mass is 16.4. The highest BCUT2D eigenvalue weighted by Crippen LogP contribution is 2.17. The summed E-state index contributed by atoms with van der Waals surface area (Å²) in [6, 6.07) is 3.19. The molecule has 2 aromatic heterocycles. The zero-order valence-corrected chi connectivity index (χ0v) is 8.06. The van der Waals surface area contributed by atoms with Crippen molar-refractivity contribution >= 4 is 5.97 Å². The number of aromatic carboxylic acids is 1. The number of nitrogens with one attached hydrogen (secondary N) is 1. The van der Waals surface area contributed by atoms with Crippen molar-refractivity contribution in [2.45, 2.75) is 6.92 Å². The zero-order valence-electron chi connectivity index (χ0n) is 8.06. The van der Waals surface area contributed by atoms with Crippen LogP contribution in [-0.4, -0.2) is 26.0 Å². The first-order chi connectivity index (χ1) is 7.18.